The Bertz CT molecular complexity index is 478. The van der Waals surface area contributed by atoms with Crippen molar-refractivity contribution in [2.24, 2.45) is 5.92 Å². The summed E-state index contributed by atoms with van der Waals surface area (Å²) in [5.41, 5.74) is 0.0932. The molecule has 6 heteroatoms. The number of aromatic nitrogens is 1. The Labute approximate surface area is 119 Å². The van der Waals surface area contributed by atoms with E-state index in [1.165, 1.54) is 18.9 Å². The minimum Gasteiger partial charge on any atom is -0.373 e. The van der Waals surface area contributed by atoms with Gasteiger partial charge in [0.25, 0.3) is 5.69 Å². The first kappa shape index (κ1) is 14.6. The van der Waals surface area contributed by atoms with Crippen LogP contribution in [0, 0.1) is 16.0 Å². The lowest BCUT2D eigenvalue weighted by molar-refractivity contribution is -0.384. The van der Waals surface area contributed by atoms with E-state index >= 15 is 0 Å². The van der Waals surface area contributed by atoms with Crippen LogP contribution in [-0.2, 0) is 0 Å². The molecule has 20 heavy (non-hydrogen) atoms. The van der Waals surface area contributed by atoms with Gasteiger partial charge < -0.3 is 10.2 Å². The van der Waals surface area contributed by atoms with Gasteiger partial charge in [-0.05, 0) is 25.2 Å². The number of hydrogen-bond donors (Lipinski definition) is 1. The summed E-state index contributed by atoms with van der Waals surface area (Å²) in [7, 11) is 1.73. The lowest BCUT2D eigenvalue weighted by Crippen LogP contribution is -2.25. The molecule has 0 radical (unpaired) electrons. The van der Waals surface area contributed by atoms with Gasteiger partial charge in [0.1, 0.15) is 11.6 Å². The molecule has 1 saturated heterocycles. The smallest absolute Gasteiger partial charge is 0.276 e. The Morgan fingerprint density at radius 3 is 2.90 bits per heavy atom. The topological polar surface area (TPSA) is 71.3 Å². The molecule has 1 atom stereocenters. The highest BCUT2D eigenvalue weighted by Gasteiger charge is 2.19. The largest absolute Gasteiger partial charge is 0.373 e. The first-order chi connectivity index (χ1) is 9.63. The molecule has 0 amide bonds. The summed E-state index contributed by atoms with van der Waals surface area (Å²) >= 11 is 0. The van der Waals surface area contributed by atoms with Crippen LogP contribution in [0.15, 0.2) is 12.1 Å². The molecule has 0 bridgehead atoms. The van der Waals surface area contributed by atoms with E-state index in [-0.39, 0.29) is 10.6 Å². The van der Waals surface area contributed by atoms with Gasteiger partial charge in [0, 0.05) is 20.1 Å². The van der Waals surface area contributed by atoms with Gasteiger partial charge in [0.05, 0.1) is 17.1 Å². The van der Waals surface area contributed by atoms with E-state index in [2.05, 4.69) is 22.1 Å². The van der Waals surface area contributed by atoms with Crippen LogP contribution >= 0.6 is 0 Å². The Morgan fingerprint density at radius 1 is 1.45 bits per heavy atom. The zero-order valence-electron chi connectivity index (χ0n) is 12.1. The monoisotopic (exact) mass is 278 g/mol. The average molecular weight is 278 g/mol. The fourth-order valence-electron chi connectivity index (χ4n) is 2.70. The number of nitrogens with one attached hydrogen (secondary N) is 1. The lowest BCUT2D eigenvalue weighted by atomic mass is 9.98. The molecule has 0 aromatic carbocycles. The predicted molar refractivity (Wildman–Crippen MR) is 80.3 cm³/mol. The molecule has 1 fully saturated rings. The van der Waals surface area contributed by atoms with Crippen molar-refractivity contribution in [1.29, 1.82) is 0 Å². The molecule has 110 valence electrons. The predicted octanol–water partition coefficient (Wildman–Crippen LogP) is 3.05. The molecule has 1 aromatic rings. The van der Waals surface area contributed by atoms with Crippen LogP contribution in [0.4, 0.5) is 17.3 Å². The van der Waals surface area contributed by atoms with Gasteiger partial charge >= 0.3 is 0 Å². The van der Waals surface area contributed by atoms with Crippen molar-refractivity contribution in [3.8, 4) is 0 Å². The van der Waals surface area contributed by atoms with E-state index in [1.807, 2.05) is 0 Å². The molecular formula is C14H22N4O2. The third-order valence-corrected chi connectivity index (χ3v) is 4.01. The first-order valence-electron chi connectivity index (χ1n) is 7.23. The van der Waals surface area contributed by atoms with E-state index in [0.29, 0.717) is 11.6 Å². The normalized spacial score (nSPS) is 19.5. The molecule has 0 aliphatic carbocycles. The number of pyridine rings is 1. The maximum Gasteiger partial charge on any atom is 0.276 e. The van der Waals surface area contributed by atoms with Crippen LogP contribution < -0.4 is 10.2 Å². The van der Waals surface area contributed by atoms with Crippen molar-refractivity contribution in [2.45, 2.75) is 32.6 Å². The molecule has 2 rings (SSSR count). The second-order valence-electron chi connectivity index (χ2n) is 5.27. The fraction of sp³-hybridized carbons (Fsp3) is 0.643. The third-order valence-electron chi connectivity index (χ3n) is 4.01. The highest BCUT2D eigenvalue weighted by Crippen LogP contribution is 2.27. The van der Waals surface area contributed by atoms with Gasteiger partial charge in [-0.1, -0.05) is 13.3 Å². The van der Waals surface area contributed by atoms with Crippen LogP contribution in [0.25, 0.3) is 0 Å². The third kappa shape index (κ3) is 3.37. The highest BCUT2D eigenvalue weighted by molar-refractivity contribution is 5.55. The summed E-state index contributed by atoms with van der Waals surface area (Å²) in [5, 5.41) is 13.9. The molecular weight excluding hydrogens is 256 g/mol. The maximum absolute atomic E-state index is 11.0. The molecule has 0 saturated carbocycles. The van der Waals surface area contributed by atoms with Crippen LogP contribution in [-0.4, -0.2) is 30.0 Å². The van der Waals surface area contributed by atoms with Gasteiger partial charge in [-0.2, -0.15) is 0 Å². The number of nitro groups is 1. The minimum atomic E-state index is -0.362. The number of anilines is 2. The van der Waals surface area contributed by atoms with Gasteiger partial charge in [0.2, 0.25) is 0 Å². The molecule has 0 spiro atoms. The average Bonchev–Trinajstić information content (AvgIpc) is 2.72. The van der Waals surface area contributed by atoms with E-state index in [0.717, 1.165) is 31.8 Å². The zero-order valence-corrected chi connectivity index (χ0v) is 12.1. The molecule has 1 aliphatic rings. The Kier molecular flexibility index (Phi) is 4.76. The highest BCUT2D eigenvalue weighted by atomic mass is 16.6. The van der Waals surface area contributed by atoms with E-state index in [1.54, 1.807) is 13.1 Å². The quantitative estimate of drug-likeness (QED) is 0.677. The molecule has 1 aromatic heterocycles. The summed E-state index contributed by atoms with van der Waals surface area (Å²) in [5.74, 6) is 2.02. The standard InChI is InChI=1S/C14H22N4O2/c1-3-11-5-4-7-17(8-6-11)14-10-12(18(19)20)9-13(15-2)16-14/h9-11H,3-8H2,1-2H3,(H,15,16). The van der Waals surface area contributed by atoms with Gasteiger partial charge in [-0.3, -0.25) is 10.1 Å². The van der Waals surface area contributed by atoms with Crippen LogP contribution in [0.3, 0.4) is 0 Å². The van der Waals surface area contributed by atoms with Crippen molar-refractivity contribution in [2.75, 3.05) is 30.4 Å². The Balaban J connectivity index is 2.22. The second-order valence-corrected chi connectivity index (χ2v) is 5.27. The van der Waals surface area contributed by atoms with Crippen molar-refractivity contribution in [1.82, 2.24) is 4.98 Å². The number of hydrogen-bond acceptors (Lipinski definition) is 5. The van der Waals surface area contributed by atoms with Crippen molar-refractivity contribution in [3.63, 3.8) is 0 Å². The fourth-order valence-corrected chi connectivity index (χ4v) is 2.70. The zero-order chi connectivity index (χ0) is 14.5. The van der Waals surface area contributed by atoms with Gasteiger partial charge in [0.15, 0.2) is 0 Å². The summed E-state index contributed by atoms with van der Waals surface area (Å²) in [6.07, 6.45) is 4.70. The molecule has 1 aliphatic heterocycles. The van der Waals surface area contributed by atoms with Crippen LogP contribution in [0.1, 0.15) is 32.6 Å². The number of rotatable bonds is 4. The molecule has 2 heterocycles. The summed E-state index contributed by atoms with van der Waals surface area (Å²) in [6, 6.07) is 3.04. The van der Waals surface area contributed by atoms with Crippen LogP contribution in [0.2, 0.25) is 0 Å². The minimum absolute atomic E-state index is 0.0932. The SMILES string of the molecule is CCC1CCCN(c2cc([N+](=O)[O-])cc(NC)n2)CC1. The summed E-state index contributed by atoms with van der Waals surface area (Å²) in [6.45, 7) is 4.08. The first-order valence-corrected chi connectivity index (χ1v) is 7.23. The lowest BCUT2D eigenvalue weighted by Gasteiger charge is -2.22. The van der Waals surface area contributed by atoms with Crippen LogP contribution in [0.5, 0.6) is 0 Å². The maximum atomic E-state index is 11.0. The molecule has 1 N–H and O–H groups in total. The van der Waals surface area contributed by atoms with Crippen molar-refractivity contribution in [3.05, 3.63) is 22.2 Å². The van der Waals surface area contributed by atoms with E-state index < -0.39 is 0 Å². The second kappa shape index (κ2) is 6.54. The number of nitrogens with zero attached hydrogens (tertiary/aromatic N) is 3. The van der Waals surface area contributed by atoms with Gasteiger partial charge in [-0.25, -0.2) is 4.98 Å². The van der Waals surface area contributed by atoms with E-state index in [9.17, 15) is 10.1 Å². The van der Waals surface area contributed by atoms with Crippen molar-refractivity contribution >= 4 is 17.3 Å². The Morgan fingerprint density at radius 2 is 2.25 bits per heavy atom. The molecule has 1 unspecified atom stereocenters. The van der Waals surface area contributed by atoms with Crippen molar-refractivity contribution < 1.29 is 4.92 Å². The summed E-state index contributed by atoms with van der Waals surface area (Å²) < 4.78 is 0. The molecule has 6 nitrogen and oxygen atoms in total. The summed E-state index contributed by atoms with van der Waals surface area (Å²) in [4.78, 5) is 17.3. The van der Waals surface area contributed by atoms with Gasteiger partial charge in [-0.15, -0.1) is 0 Å². The Hall–Kier alpha value is -1.85. The van der Waals surface area contributed by atoms with E-state index in [4.69, 9.17) is 0 Å².